The van der Waals surface area contributed by atoms with Crippen LogP contribution in [-0.4, -0.2) is 16.6 Å². The molecule has 1 aromatic rings. The number of nitrogens with zero attached hydrogens (tertiary/aromatic N) is 2. The predicted molar refractivity (Wildman–Crippen MR) is 129 cm³/mol. The zero-order valence-electron chi connectivity index (χ0n) is 20.5. The summed E-state index contributed by atoms with van der Waals surface area (Å²) in [7, 11) is 0. The molecule has 0 radical (unpaired) electrons. The molecule has 6 rings (SSSR count). The van der Waals surface area contributed by atoms with E-state index in [9.17, 15) is 9.18 Å². The van der Waals surface area contributed by atoms with Gasteiger partial charge in [0.25, 0.3) is 0 Å². The molecular formula is C29H39FN2O. The van der Waals surface area contributed by atoms with Gasteiger partial charge in [0.2, 0.25) is 5.91 Å². The van der Waals surface area contributed by atoms with Crippen molar-refractivity contribution in [2.24, 2.45) is 45.5 Å². The second-order valence-corrected chi connectivity index (χ2v) is 12.3. The quantitative estimate of drug-likeness (QED) is 0.471. The normalized spacial score (nSPS) is 43.9. The first kappa shape index (κ1) is 21.8. The lowest BCUT2D eigenvalue weighted by Gasteiger charge is -2.59. The van der Waals surface area contributed by atoms with Crippen LogP contribution in [0, 0.1) is 46.2 Å². The molecule has 0 N–H and O–H groups in total. The first-order valence-electron chi connectivity index (χ1n) is 13.5. The van der Waals surface area contributed by atoms with E-state index in [0.717, 1.165) is 29.7 Å². The van der Waals surface area contributed by atoms with Gasteiger partial charge < -0.3 is 0 Å². The van der Waals surface area contributed by atoms with Gasteiger partial charge in [-0.15, -0.1) is 0 Å². The lowest BCUT2D eigenvalue weighted by Crippen LogP contribution is -2.52. The van der Waals surface area contributed by atoms with E-state index in [-0.39, 0.29) is 29.1 Å². The summed E-state index contributed by atoms with van der Waals surface area (Å²) < 4.78 is 14.2. The van der Waals surface area contributed by atoms with Crippen LogP contribution >= 0.6 is 0 Å². The Morgan fingerprint density at radius 1 is 1.12 bits per heavy atom. The predicted octanol–water partition coefficient (Wildman–Crippen LogP) is 7.13. The standard InChI is InChI=1S/C29H39FN2O/c1-4-25(33)32-26(18-8-7-10-20(30)16-18)22-17-24-21-12-11-19-9-5-6-14-28(19,2)23(21)13-15-29(24,3)27(22)31-32/h7-8,10,16,19,21-24,26H,4-6,9,11-15,17H2,1-3H3/t19-,21+,22-,23-,24-,26+,28-,29-/m0/s1. The van der Waals surface area contributed by atoms with Gasteiger partial charge in [-0.05, 0) is 91.7 Å². The second kappa shape index (κ2) is 7.65. The van der Waals surface area contributed by atoms with Gasteiger partial charge in [0.15, 0.2) is 0 Å². The summed E-state index contributed by atoms with van der Waals surface area (Å²) in [4.78, 5) is 12.9. The fourth-order valence-corrected chi connectivity index (χ4v) is 9.43. The van der Waals surface area contributed by atoms with Crippen molar-refractivity contribution in [3.63, 3.8) is 0 Å². The fraction of sp³-hybridized carbons (Fsp3) is 0.724. The molecule has 0 aromatic heterocycles. The molecule has 1 aromatic carbocycles. The summed E-state index contributed by atoms with van der Waals surface area (Å²) in [5.41, 5.74) is 2.76. The number of carbonyl (C=O) groups is 1. The van der Waals surface area contributed by atoms with Crippen LogP contribution in [0.2, 0.25) is 0 Å². The number of rotatable bonds is 2. The number of benzene rings is 1. The smallest absolute Gasteiger partial charge is 0.242 e. The van der Waals surface area contributed by atoms with Crippen molar-refractivity contribution in [3.05, 3.63) is 35.6 Å². The molecule has 178 valence electrons. The summed E-state index contributed by atoms with van der Waals surface area (Å²) in [6.07, 6.45) is 12.5. The molecule has 0 spiro atoms. The van der Waals surface area contributed by atoms with Crippen LogP contribution in [-0.2, 0) is 4.79 Å². The molecule has 4 aliphatic carbocycles. The van der Waals surface area contributed by atoms with Crippen molar-refractivity contribution in [3.8, 4) is 0 Å². The monoisotopic (exact) mass is 450 g/mol. The maximum absolute atomic E-state index is 14.2. The molecule has 4 heteroatoms. The highest BCUT2D eigenvalue weighted by Crippen LogP contribution is 2.68. The average Bonchev–Trinajstić information content (AvgIpc) is 3.32. The number of carbonyl (C=O) groups excluding carboxylic acids is 1. The Balaban J connectivity index is 1.37. The molecule has 33 heavy (non-hydrogen) atoms. The fourth-order valence-electron chi connectivity index (χ4n) is 9.43. The van der Waals surface area contributed by atoms with E-state index in [1.807, 2.05) is 13.0 Å². The van der Waals surface area contributed by atoms with E-state index in [0.29, 0.717) is 17.8 Å². The zero-order chi connectivity index (χ0) is 23.0. The molecule has 5 aliphatic rings. The summed E-state index contributed by atoms with van der Waals surface area (Å²) in [5, 5.41) is 6.80. The summed E-state index contributed by atoms with van der Waals surface area (Å²) in [6.45, 7) is 6.98. The molecule has 1 aliphatic heterocycles. The van der Waals surface area contributed by atoms with E-state index in [2.05, 4.69) is 13.8 Å². The third kappa shape index (κ3) is 3.04. The van der Waals surface area contributed by atoms with Crippen LogP contribution in [0.4, 0.5) is 4.39 Å². The summed E-state index contributed by atoms with van der Waals surface area (Å²) in [5.74, 6) is 3.25. The van der Waals surface area contributed by atoms with Crippen molar-refractivity contribution in [2.45, 2.75) is 91.0 Å². The first-order valence-corrected chi connectivity index (χ1v) is 13.5. The SMILES string of the molecule is CCC(=O)N1N=C2[C@@H](C[C@H]3[C@@H]4CC[C@@H]5CCCC[C@]5(C)[C@H]4CC[C@]23C)[C@H]1c1cccc(F)c1. The minimum absolute atomic E-state index is 0.0511. The molecule has 0 bridgehead atoms. The van der Waals surface area contributed by atoms with Gasteiger partial charge in [-0.2, -0.15) is 5.10 Å². The number of amides is 1. The van der Waals surface area contributed by atoms with E-state index in [1.165, 1.54) is 63.1 Å². The molecular weight excluding hydrogens is 411 g/mol. The molecule has 8 atom stereocenters. The van der Waals surface area contributed by atoms with Crippen LogP contribution in [0.5, 0.6) is 0 Å². The second-order valence-electron chi connectivity index (χ2n) is 12.3. The largest absolute Gasteiger partial charge is 0.273 e. The maximum Gasteiger partial charge on any atom is 0.242 e. The Morgan fingerprint density at radius 2 is 1.97 bits per heavy atom. The van der Waals surface area contributed by atoms with Crippen molar-refractivity contribution >= 4 is 11.6 Å². The molecule has 3 nitrogen and oxygen atoms in total. The highest BCUT2D eigenvalue weighted by molar-refractivity contribution is 5.98. The van der Waals surface area contributed by atoms with Crippen molar-refractivity contribution in [2.75, 3.05) is 0 Å². The van der Waals surface area contributed by atoms with E-state index in [4.69, 9.17) is 5.10 Å². The zero-order valence-corrected chi connectivity index (χ0v) is 20.5. The van der Waals surface area contributed by atoms with Crippen molar-refractivity contribution in [1.29, 1.82) is 0 Å². The Morgan fingerprint density at radius 3 is 2.76 bits per heavy atom. The van der Waals surface area contributed by atoms with E-state index >= 15 is 0 Å². The topological polar surface area (TPSA) is 32.7 Å². The number of hydrogen-bond acceptors (Lipinski definition) is 2. The summed E-state index contributed by atoms with van der Waals surface area (Å²) >= 11 is 0. The van der Waals surface area contributed by atoms with Crippen LogP contribution in [0.15, 0.2) is 29.4 Å². The van der Waals surface area contributed by atoms with Crippen LogP contribution in [0.1, 0.15) is 96.6 Å². The number of hydrazone groups is 1. The first-order chi connectivity index (χ1) is 15.9. The van der Waals surface area contributed by atoms with E-state index in [1.54, 1.807) is 17.1 Å². The van der Waals surface area contributed by atoms with Crippen molar-refractivity contribution in [1.82, 2.24) is 5.01 Å². The van der Waals surface area contributed by atoms with Gasteiger partial charge in [0.1, 0.15) is 5.82 Å². The Kier molecular flexibility index (Phi) is 5.05. The molecule has 4 saturated carbocycles. The van der Waals surface area contributed by atoms with Gasteiger partial charge in [0.05, 0.1) is 11.8 Å². The Hall–Kier alpha value is -1.71. The van der Waals surface area contributed by atoms with Crippen LogP contribution in [0.25, 0.3) is 0 Å². The average molecular weight is 451 g/mol. The van der Waals surface area contributed by atoms with Crippen LogP contribution < -0.4 is 0 Å². The van der Waals surface area contributed by atoms with Gasteiger partial charge in [-0.25, -0.2) is 9.40 Å². The Bertz CT molecular complexity index is 990. The van der Waals surface area contributed by atoms with Gasteiger partial charge in [0, 0.05) is 17.8 Å². The lowest BCUT2D eigenvalue weighted by molar-refractivity contribution is -0.133. The minimum Gasteiger partial charge on any atom is -0.273 e. The maximum atomic E-state index is 14.2. The van der Waals surface area contributed by atoms with E-state index < -0.39 is 0 Å². The third-order valence-electron chi connectivity index (χ3n) is 11.0. The minimum atomic E-state index is -0.227. The van der Waals surface area contributed by atoms with Gasteiger partial charge in [-0.3, -0.25) is 4.79 Å². The molecule has 1 heterocycles. The lowest BCUT2D eigenvalue weighted by atomic mass is 9.45. The Labute approximate surface area is 198 Å². The highest BCUT2D eigenvalue weighted by Gasteiger charge is 2.64. The number of fused-ring (bicyclic) bond motifs is 7. The van der Waals surface area contributed by atoms with Crippen LogP contribution in [0.3, 0.4) is 0 Å². The molecule has 0 saturated heterocycles. The number of hydrogen-bond donors (Lipinski definition) is 0. The highest BCUT2D eigenvalue weighted by atomic mass is 19.1. The van der Waals surface area contributed by atoms with Gasteiger partial charge >= 0.3 is 0 Å². The van der Waals surface area contributed by atoms with Crippen molar-refractivity contribution < 1.29 is 9.18 Å². The molecule has 0 unspecified atom stereocenters. The molecule has 4 fully saturated rings. The summed E-state index contributed by atoms with van der Waals surface area (Å²) in [6, 6.07) is 6.74. The number of halogens is 1. The molecule has 1 amide bonds. The third-order valence-corrected chi connectivity index (χ3v) is 11.0. The van der Waals surface area contributed by atoms with Gasteiger partial charge in [-0.1, -0.05) is 45.7 Å².